The molecule has 4 nitrogen and oxygen atoms in total. The lowest BCUT2D eigenvalue weighted by Crippen LogP contribution is -2.18. The van der Waals surface area contributed by atoms with Crippen LogP contribution in [0.4, 0.5) is 11.4 Å². The first-order chi connectivity index (χ1) is 11.5. The van der Waals surface area contributed by atoms with E-state index in [1.165, 1.54) is 0 Å². The Morgan fingerprint density at radius 2 is 1.71 bits per heavy atom. The molecule has 0 aromatic heterocycles. The summed E-state index contributed by atoms with van der Waals surface area (Å²) in [5.41, 5.74) is 3.97. The van der Waals surface area contributed by atoms with Crippen molar-refractivity contribution in [2.45, 2.75) is 40.2 Å². The number of hydrogen-bond donors (Lipinski definition) is 2. The number of hydrogen-bond acceptors (Lipinski definition) is 3. The van der Waals surface area contributed by atoms with Crippen LogP contribution in [-0.4, -0.2) is 18.6 Å². The largest absolute Gasteiger partial charge is 0.489 e. The quantitative estimate of drug-likeness (QED) is 0.786. The van der Waals surface area contributed by atoms with E-state index in [1.807, 2.05) is 70.2 Å². The third-order valence-electron chi connectivity index (χ3n) is 3.66. The molecule has 0 unspecified atom stereocenters. The fourth-order valence-corrected chi connectivity index (χ4v) is 2.49. The number of benzene rings is 2. The van der Waals surface area contributed by atoms with Gasteiger partial charge in [-0.15, -0.1) is 0 Å². The molecular weight excluding hydrogens is 300 g/mol. The van der Waals surface area contributed by atoms with Crippen LogP contribution in [0.3, 0.4) is 0 Å². The highest BCUT2D eigenvalue weighted by Gasteiger charge is 2.08. The van der Waals surface area contributed by atoms with Gasteiger partial charge in [-0.25, -0.2) is 0 Å². The minimum absolute atomic E-state index is 0.00200. The zero-order valence-corrected chi connectivity index (χ0v) is 14.8. The zero-order chi connectivity index (χ0) is 17.5. The number of ether oxygens (including phenoxy) is 1. The van der Waals surface area contributed by atoms with Crippen LogP contribution >= 0.6 is 0 Å². The van der Waals surface area contributed by atoms with Crippen LogP contribution in [0.5, 0.6) is 5.75 Å². The van der Waals surface area contributed by atoms with E-state index in [2.05, 4.69) is 10.6 Å². The predicted octanol–water partition coefficient (Wildman–Crippen LogP) is 4.53. The molecule has 4 heteroatoms. The Morgan fingerprint density at radius 1 is 1.04 bits per heavy atom. The van der Waals surface area contributed by atoms with Gasteiger partial charge in [-0.2, -0.15) is 0 Å². The van der Waals surface area contributed by atoms with Crippen molar-refractivity contribution in [3.8, 4) is 5.75 Å². The zero-order valence-electron chi connectivity index (χ0n) is 14.8. The van der Waals surface area contributed by atoms with Crippen LogP contribution in [0.2, 0.25) is 0 Å². The van der Waals surface area contributed by atoms with Gasteiger partial charge < -0.3 is 15.4 Å². The molecule has 2 aromatic carbocycles. The van der Waals surface area contributed by atoms with Crippen LogP contribution in [-0.2, 0) is 4.79 Å². The van der Waals surface area contributed by atoms with Gasteiger partial charge in [0.2, 0.25) is 5.91 Å². The fraction of sp³-hybridized carbons (Fsp3) is 0.350. The first-order valence-corrected chi connectivity index (χ1v) is 8.33. The summed E-state index contributed by atoms with van der Waals surface area (Å²) < 4.78 is 5.77. The monoisotopic (exact) mass is 326 g/mol. The Labute approximate surface area is 144 Å². The number of carbonyl (C=O) groups excluding carboxylic acids is 1. The van der Waals surface area contributed by atoms with E-state index in [0.717, 1.165) is 28.3 Å². The van der Waals surface area contributed by atoms with Gasteiger partial charge in [-0.05, 0) is 51.0 Å². The van der Waals surface area contributed by atoms with Crippen molar-refractivity contribution in [2.75, 3.05) is 17.2 Å². The third-order valence-corrected chi connectivity index (χ3v) is 3.66. The lowest BCUT2D eigenvalue weighted by Gasteiger charge is -2.15. The van der Waals surface area contributed by atoms with Gasteiger partial charge in [0.15, 0.2) is 0 Å². The number of rotatable bonds is 7. The van der Waals surface area contributed by atoms with E-state index >= 15 is 0 Å². The minimum atomic E-state index is 0.00200. The Hall–Kier alpha value is -2.49. The van der Waals surface area contributed by atoms with Crippen molar-refractivity contribution in [3.63, 3.8) is 0 Å². The summed E-state index contributed by atoms with van der Waals surface area (Å²) >= 11 is 0. The first-order valence-electron chi connectivity index (χ1n) is 8.33. The fourth-order valence-electron chi connectivity index (χ4n) is 2.49. The average Bonchev–Trinajstić information content (AvgIpc) is 2.52. The summed E-state index contributed by atoms with van der Waals surface area (Å²) in [5, 5.41) is 6.28. The molecule has 0 heterocycles. The lowest BCUT2D eigenvalue weighted by molar-refractivity contribution is -0.116. The Morgan fingerprint density at radius 3 is 2.38 bits per heavy atom. The van der Waals surface area contributed by atoms with Crippen molar-refractivity contribution >= 4 is 17.3 Å². The van der Waals surface area contributed by atoms with E-state index < -0.39 is 0 Å². The highest BCUT2D eigenvalue weighted by Crippen LogP contribution is 2.25. The highest BCUT2D eigenvalue weighted by atomic mass is 16.5. The highest BCUT2D eigenvalue weighted by molar-refractivity contribution is 5.92. The average molecular weight is 326 g/mol. The number of carbonyl (C=O) groups is 1. The smallest absolute Gasteiger partial charge is 0.226 e. The van der Waals surface area contributed by atoms with E-state index in [9.17, 15) is 4.79 Å². The molecule has 0 fully saturated rings. The number of amides is 1. The van der Waals surface area contributed by atoms with Gasteiger partial charge >= 0.3 is 0 Å². The summed E-state index contributed by atoms with van der Waals surface area (Å²) in [6.07, 6.45) is 0.504. The second-order valence-electron chi connectivity index (χ2n) is 6.15. The number of nitrogens with one attached hydrogen (secondary N) is 2. The summed E-state index contributed by atoms with van der Waals surface area (Å²) in [4.78, 5) is 12.2. The lowest BCUT2D eigenvalue weighted by atomic mass is 10.1. The molecule has 0 aliphatic heterocycles. The van der Waals surface area contributed by atoms with Crippen molar-refractivity contribution < 1.29 is 9.53 Å². The molecule has 2 aromatic rings. The molecule has 0 bridgehead atoms. The third kappa shape index (κ3) is 5.01. The van der Waals surface area contributed by atoms with Crippen LogP contribution < -0.4 is 15.4 Å². The molecule has 0 saturated carbocycles. The van der Waals surface area contributed by atoms with Crippen molar-refractivity contribution in [1.82, 2.24) is 0 Å². The van der Waals surface area contributed by atoms with Gasteiger partial charge in [-0.1, -0.05) is 30.3 Å². The van der Waals surface area contributed by atoms with Crippen molar-refractivity contribution in [2.24, 2.45) is 0 Å². The topological polar surface area (TPSA) is 50.4 Å². The van der Waals surface area contributed by atoms with Gasteiger partial charge in [0, 0.05) is 18.7 Å². The SMILES string of the molecule is Cc1cccc(C)c1NC(=O)CCNc1ccccc1OC(C)C. The number of aryl methyl sites for hydroxylation is 2. The molecule has 0 spiro atoms. The molecule has 24 heavy (non-hydrogen) atoms. The van der Waals surface area contributed by atoms with Crippen LogP contribution in [0.15, 0.2) is 42.5 Å². The maximum absolute atomic E-state index is 12.2. The molecule has 128 valence electrons. The number of para-hydroxylation sites is 3. The molecular formula is C20H26N2O2. The molecule has 0 saturated heterocycles. The van der Waals surface area contributed by atoms with Gasteiger partial charge in [0.25, 0.3) is 0 Å². The number of anilines is 2. The van der Waals surface area contributed by atoms with Gasteiger partial charge in [0.1, 0.15) is 5.75 Å². The van der Waals surface area contributed by atoms with Crippen LogP contribution in [0.1, 0.15) is 31.4 Å². The van der Waals surface area contributed by atoms with Gasteiger partial charge in [-0.3, -0.25) is 4.79 Å². The first kappa shape index (κ1) is 17.9. The second kappa shape index (κ2) is 8.39. The maximum atomic E-state index is 12.2. The van der Waals surface area contributed by atoms with Crippen molar-refractivity contribution in [1.29, 1.82) is 0 Å². The van der Waals surface area contributed by atoms with E-state index in [4.69, 9.17) is 4.74 Å². The molecule has 0 aliphatic carbocycles. The Balaban J connectivity index is 1.89. The molecule has 2 rings (SSSR count). The van der Waals surface area contributed by atoms with Crippen molar-refractivity contribution in [3.05, 3.63) is 53.6 Å². The van der Waals surface area contributed by atoms with Crippen LogP contribution in [0.25, 0.3) is 0 Å². The summed E-state index contributed by atoms with van der Waals surface area (Å²) in [5.74, 6) is 0.810. The standard InChI is InChI=1S/C20H26N2O2/c1-14(2)24-18-11-6-5-10-17(18)21-13-12-19(23)22-20-15(3)8-7-9-16(20)4/h5-11,14,21H,12-13H2,1-4H3,(H,22,23). The Bertz CT molecular complexity index is 676. The summed E-state index contributed by atoms with van der Waals surface area (Å²) in [7, 11) is 0. The molecule has 2 N–H and O–H groups in total. The summed E-state index contributed by atoms with van der Waals surface area (Å²) in [6.45, 7) is 8.54. The summed E-state index contributed by atoms with van der Waals surface area (Å²) in [6, 6.07) is 13.8. The Kier molecular flexibility index (Phi) is 6.24. The van der Waals surface area contributed by atoms with E-state index in [1.54, 1.807) is 0 Å². The molecule has 1 amide bonds. The van der Waals surface area contributed by atoms with E-state index in [0.29, 0.717) is 13.0 Å². The second-order valence-corrected chi connectivity index (χ2v) is 6.15. The van der Waals surface area contributed by atoms with E-state index in [-0.39, 0.29) is 12.0 Å². The van der Waals surface area contributed by atoms with Crippen LogP contribution in [0, 0.1) is 13.8 Å². The molecule has 0 atom stereocenters. The minimum Gasteiger partial charge on any atom is -0.489 e. The normalized spacial score (nSPS) is 10.5. The molecule has 0 aliphatic rings. The van der Waals surface area contributed by atoms with Gasteiger partial charge in [0.05, 0.1) is 11.8 Å². The maximum Gasteiger partial charge on any atom is 0.226 e. The predicted molar refractivity (Wildman–Crippen MR) is 99.9 cm³/mol. The molecule has 0 radical (unpaired) electrons.